The first kappa shape index (κ1) is 14.8. The lowest BCUT2D eigenvalue weighted by atomic mass is 10.1. The Kier molecular flexibility index (Phi) is 4.87. The van der Waals surface area contributed by atoms with Crippen LogP contribution in [-0.4, -0.2) is 42.2 Å². The highest BCUT2D eigenvalue weighted by atomic mass is 79.9. The van der Waals surface area contributed by atoms with Gasteiger partial charge in [0.2, 0.25) is 0 Å². The fourth-order valence-corrected chi connectivity index (χ4v) is 3.21. The van der Waals surface area contributed by atoms with Gasteiger partial charge >= 0.3 is 0 Å². The molecule has 0 bridgehead atoms. The second kappa shape index (κ2) is 6.25. The number of anilines is 1. The van der Waals surface area contributed by atoms with Crippen molar-refractivity contribution in [2.24, 2.45) is 0 Å². The van der Waals surface area contributed by atoms with E-state index in [0.717, 1.165) is 36.2 Å². The summed E-state index contributed by atoms with van der Waals surface area (Å²) in [4.78, 5) is 4.89. The third-order valence-corrected chi connectivity index (χ3v) is 4.44. The van der Waals surface area contributed by atoms with Gasteiger partial charge in [0, 0.05) is 41.4 Å². The highest BCUT2D eigenvalue weighted by Crippen LogP contribution is 2.30. The average Bonchev–Trinajstić information content (AvgIpc) is 2.38. The predicted molar refractivity (Wildman–Crippen MR) is 83.7 cm³/mol. The molecule has 1 aromatic rings. The summed E-state index contributed by atoms with van der Waals surface area (Å²) in [5, 5.41) is 9.97. The molecule has 1 fully saturated rings. The Morgan fingerprint density at radius 3 is 2.74 bits per heavy atom. The van der Waals surface area contributed by atoms with Crippen molar-refractivity contribution in [1.29, 1.82) is 0 Å². The van der Waals surface area contributed by atoms with Gasteiger partial charge in [-0.3, -0.25) is 4.90 Å². The van der Waals surface area contributed by atoms with Crippen molar-refractivity contribution in [1.82, 2.24) is 4.90 Å². The van der Waals surface area contributed by atoms with E-state index in [1.54, 1.807) is 0 Å². The van der Waals surface area contributed by atoms with E-state index in [-0.39, 0.29) is 0 Å². The molecule has 1 saturated heterocycles. The van der Waals surface area contributed by atoms with Gasteiger partial charge in [-0.25, -0.2) is 0 Å². The van der Waals surface area contributed by atoms with Crippen molar-refractivity contribution in [3.05, 3.63) is 28.2 Å². The summed E-state index contributed by atoms with van der Waals surface area (Å²) in [6, 6.07) is 6.75. The summed E-state index contributed by atoms with van der Waals surface area (Å²) >= 11 is 3.48. The molecule has 0 radical (unpaired) electrons. The minimum atomic E-state index is -0.438. The second-order valence-electron chi connectivity index (χ2n) is 5.30. The molecule has 106 valence electrons. The second-order valence-corrected chi connectivity index (χ2v) is 6.22. The fraction of sp³-hybridized carbons (Fsp3) is 0.600. The van der Waals surface area contributed by atoms with Crippen LogP contribution in [0.2, 0.25) is 0 Å². The van der Waals surface area contributed by atoms with Crippen LogP contribution in [0.4, 0.5) is 5.69 Å². The lowest BCUT2D eigenvalue weighted by Crippen LogP contribution is -2.52. The molecule has 3 nitrogen and oxygen atoms in total. The molecular formula is C15H23BrN2O. The van der Waals surface area contributed by atoms with E-state index in [0.29, 0.717) is 6.04 Å². The molecule has 4 heteroatoms. The Morgan fingerprint density at radius 1 is 1.42 bits per heavy atom. The number of nitrogens with zero attached hydrogens (tertiary/aromatic N) is 2. The molecule has 1 N–H and O–H groups in total. The van der Waals surface area contributed by atoms with Crippen molar-refractivity contribution in [2.45, 2.75) is 32.9 Å². The summed E-state index contributed by atoms with van der Waals surface area (Å²) in [5.41, 5.74) is 2.17. The minimum Gasteiger partial charge on any atom is -0.389 e. The zero-order valence-corrected chi connectivity index (χ0v) is 13.5. The number of rotatable bonds is 3. The first-order valence-electron chi connectivity index (χ1n) is 6.99. The van der Waals surface area contributed by atoms with E-state index in [1.807, 2.05) is 13.0 Å². The van der Waals surface area contributed by atoms with E-state index in [1.165, 1.54) is 5.69 Å². The zero-order chi connectivity index (χ0) is 14.0. The van der Waals surface area contributed by atoms with Gasteiger partial charge in [-0.05, 0) is 38.6 Å². The van der Waals surface area contributed by atoms with Crippen LogP contribution in [0.25, 0.3) is 0 Å². The number of piperazine rings is 1. The number of hydrogen-bond donors (Lipinski definition) is 1. The normalized spacial score (nSPS) is 22.6. The van der Waals surface area contributed by atoms with Gasteiger partial charge in [0.15, 0.2) is 0 Å². The topological polar surface area (TPSA) is 26.7 Å². The Bertz CT molecular complexity index is 436. The molecule has 1 aliphatic heterocycles. The first-order chi connectivity index (χ1) is 9.02. The SMILES string of the molecule is CCN1CCN(c2ccc(Br)cc2C(C)O)CC1C. The maximum atomic E-state index is 9.97. The lowest BCUT2D eigenvalue weighted by Gasteiger charge is -2.41. The van der Waals surface area contributed by atoms with E-state index in [4.69, 9.17) is 0 Å². The van der Waals surface area contributed by atoms with E-state index < -0.39 is 6.10 Å². The van der Waals surface area contributed by atoms with Gasteiger partial charge in [0.1, 0.15) is 0 Å². The van der Waals surface area contributed by atoms with Crippen LogP contribution in [0.3, 0.4) is 0 Å². The van der Waals surface area contributed by atoms with Gasteiger partial charge in [0.05, 0.1) is 6.10 Å². The van der Waals surface area contributed by atoms with Crippen LogP contribution in [0, 0.1) is 0 Å². The van der Waals surface area contributed by atoms with Crippen LogP contribution in [0.15, 0.2) is 22.7 Å². The summed E-state index contributed by atoms with van der Waals surface area (Å²) in [5.74, 6) is 0. The van der Waals surface area contributed by atoms with Gasteiger partial charge in [0.25, 0.3) is 0 Å². The Hall–Kier alpha value is -0.580. The molecule has 0 saturated carbocycles. The van der Waals surface area contributed by atoms with Crippen LogP contribution in [0.5, 0.6) is 0 Å². The van der Waals surface area contributed by atoms with Crippen molar-refractivity contribution in [3.8, 4) is 0 Å². The standard InChI is InChI=1S/C15H23BrN2O/c1-4-17-7-8-18(10-11(17)2)15-6-5-13(16)9-14(15)12(3)19/h5-6,9,11-12,19H,4,7-8,10H2,1-3H3. The van der Waals surface area contributed by atoms with Gasteiger partial charge in [-0.15, -0.1) is 0 Å². The van der Waals surface area contributed by atoms with Crippen LogP contribution >= 0.6 is 15.9 Å². The highest BCUT2D eigenvalue weighted by Gasteiger charge is 2.24. The minimum absolute atomic E-state index is 0.438. The van der Waals surface area contributed by atoms with Crippen molar-refractivity contribution in [2.75, 3.05) is 31.1 Å². The van der Waals surface area contributed by atoms with E-state index in [9.17, 15) is 5.11 Å². The number of benzene rings is 1. The molecular weight excluding hydrogens is 304 g/mol. The summed E-state index contributed by atoms with van der Waals surface area (Å²) in [6.07, 6.45) is -0.438. The molecule has 0 spiro atoms. The molecule has 2 unspecified atom stereocenters. The van der Waals surface area contributed by atoms with Gasteiger partial charge in [-0.2, -0.15) is 0 Å². The molecule has 1 aliphatic rings. The van der Waals surface area contributed by atoms with Crippen LogP contribution in [0.1, 0.15) is 32.4 Å². The third-order valence-electron chi connectivity index (χ3n) is 3.95. The molecule has 1 aromatic carbocycles. The maximum absolute atomic E-state index is 9.97. The van der Waals surface area contributed by atoms with Crippen LogP contribution < -0.4 is 4.90 Å². The summed E-state index contributed by atoms with van der Waals surface area (Å²) in [6.45, 7) is 10.6. The molecule has 2 atom stereocenters. The number of halogens is 1. The van der Waals surface area contributed by atoms with Crippen molar-refractivity contribution < 1.29 is 5.11 Å². The first-order valence-corrected chi connectivity index (χ1v) is 7.78. The van der Waals surface area contributed by atoms with Crippen molar-refractivity contribution >= 4 is 21.6 Å². The number of aliphatic hydroxyl groups excluding tert-OH is 1. The number of hydrogen-bond acceptors (Lipinski definition) is 3. The van der Waals surface area contributed by atoms with Gasteiger partial charge in [-0.1, -0.05) is 22.9 Å². The predicted octanol–water partition coefficient (Wildman–Crippen LogP) is 3.03. The van der Waals surface area contributed by atoms with Crippen molar-refractivity contribution in [3.63, 3.8) is 0 Å². The fourth-order valence-electron chi connectivity index (χ4n) is 2.83. The largest absolute Gasteiger partial charge is 0.389 e. The van der Waals surface area contributed by atoms with E-state index in [2.05, 4.69) is 51.7 Å². The monoisotopic (exact) mass is 326 g/mol. The van der Waals surface area contributed by atoms with Gasteiger partial charge < -0.3 is 10.0 Å². The van der Waals surface area contributed by atoms with Crippen LogP contribution in [-0.2, 0) is 0 Å². The molecule has 1 heterocycles. The molecule has 2 rings (SSSR count). The number of aliphatic hydroxyl groups is 1. The molecule has 0 aliphatic carbocycles. The molecule has 0 aromatic heterocycles. The zero-order valence-electron chi connectivity index (χ0n) is 11.9. The maximum Gasteiger partial charge on any atom is 0.0782 e. The molecule has 0 amide bonds. The average molecular weight is 327 g/mol. The molecule has 19 heavy (non-hydrogen) atoms. The smallest absolute Gasteiger partial charge is 0.0782 e. The third kappa shape index (κ3) is 3.30. The Morgan fingerprint density at radius 2 is 2.16 bits per heavy atom. The Balaban J connectivity index is 2.23. The number of likely N-dealkylation sites (N-methyl/N-ethyl adjacent to an activating group) is 1. The highest BCUT2D eigenvalue weighted by molar-refractivity contribution is 9.10. The summed E-state index contributed by atoms with van der Waals surface area (Å²) < 4.78 is 1.02. The Labute approximate surface area is 124 Å². The lowest BCUT2D eigenvalue weighted by molar-refractivity contribution is 0.192. The quantitative estimate of drug-likeness (QED) is 0.924. The van der Waals surface area contributed by atoms with E-state index >= 15 is 0 Å². The summed E-state index contributed by atoms with van der Waals surface area (Å²) in [7, 11) is 0.